The van der Waals surface area contributed by atoms with Gasteiger partial charge in [0.15, 0.2) is 0 Å². The van der Waals surface area contributed by atoms with E-state index in [0.29, 0.717) is 11.6 Å². The summed E-state index contributed by atoms with van der Waals surface area (Å²) in [7, 11) is 0. The van der Waals surface area contributed by atoms with Crippen molar-refractivity contribution in [3.63, 3.8) is 0 Å². The molecule has 2 N–H and O–H groups in total. The maximum atomic E-state index is 12.2. The third-order valence-electron chi connectivity index (χ3n) is 4.12. The summed E-state index contributed by atoms with van der Waals surface area (Å²) in [4.78, 5) is 24.3. The van der Waals surface area contributed by atoms with E-state index in [2.05, 4.69) is 24.5 Å². The molecule has 0 aromatic heterocycles. The summed E-state index contributed by atoms with van der Waals surface area (Å²) in [6.07, 6.45) is -0.210. The Hall–Kier alpha value is -2.62. The second-order valence-electron chi connectivity index (χ2n) is 6.82. The van der Waals surface area contributed by atoms with Gasteiger partial charge in [-0.2, -0.15) is 0 Å². The first kappa shape index (κ1) is 18.7. The average Bonchev–Trinajstić information content (AvgIpc) is 2.51. The summed E-state index contributed by atoms with van der Waals surface area (Å²) < 4.78 is 0. The van der Waals surface area contributed by atoms with Gasteiger partial charge < -0.3 is 10.6 Å². The lowest BCUT2D eigenvalue weighted by molar-refractivity contribution is -0.123. The van der Waals surface area contributed by atoms with Gasteiger partial charge in [-0.05, 0) is 55.5 Å². The van der Waals surface area contributed by atoms with E-state index in [4.69, 9.17) is 0 Å². The highest BCUT2D eigenvalue weighted by atomic mass is 16.2. The number of aryl methyl sites for hydroxylation is 3. The molecule has 0 unspecified atom stereocenters. The van der Waals surface area contributed by atoms with Crippen LogP contribution in [0.1, 0.15) is 48.4 Å². The van der Waals surface area contributed by atoms with Crippen molar-refractivity contribution in [3.8, 4) is 0 Å². The Labute approximate surface area is 149 Å². The second-order valence-corrected chi connectivity index (χ2v) is 6.82. The predicted octanol–water partition coefficient (Wildman–Crippen LogP) is 4.70. The molecule has 0 fully saturated rings. The lowest BCUT2D eigenvalue weighted by Crippen LogP contribution is -2.22. The Morgan fingerprint density at radius 1 is 0.880 bits per heavy atom. The molecule has 2 amide bonds. The standard InChI is InChI=1S/C21H26N2O2/c1-13(2)17-6-8-18(9-7-17)22-19(24)12-20(25)23-21-15(4)10-14(3)11-16(21)5/h6-11,13H,12H2,1-5H3,(H,22,24)(H,23,25). The van der Waals surface area contributed by atoms with Crippen LogP contribution in [0.4, 0.5) is 11.4 Å². The van der Waals surface area contributed by atoms with Gasteiger partial charge in [-0.1, -0.05) is 43.7 Å². The van der Waals surface area contributed by atoms with E-state index in [1.54, 1.807) is 0 Å². The van der Waals surface area contributed by atoms with E-state index in [-0.39, 0.29) is 18.2 Å². The van der Waals surface area contributed by atoms with Crippen molar-refractivity contribution in [3.05, 3.63) is 58.7 Å². The minimum atomic E-state index is -0.322. The van der Waals surface area contributed by atoms with Gasteiger partial charge in [0.2, 0.25) is 11.8 Å². The van der Waals surface area contributed by atoms with Crippen molar-refractivity contribution in [1.29, 1.82) is 0 Å². The zero-order valence-corrected chi connectivity index (χ0v) is 15.6. The number of rotatable bonds is 5. The van der Waals surface area contributed by atoms with Gasteiger partial charge in [0.1, 0.15) is 6.42 Å². The van der Waals surface area contributed by atoms with Crippen LogP contribution in [0.25, 0.3) is 0 Å². The monoisotopic (exact) mass is 338 g/mol. The first-order valence-corrected chi connectivity index (χ1v) is 8.53. The van der Waals surface area contributed by atoms with Gasteiger partial charge in [-0.3, -0.25) is 9.59 Å². The molecule has 0 aliphatic heterocycles. The third kappa shape index (κ3) is 5.18. The SMILES string of the molecule is Cc1cc(C)c(NC(=O)CC(=O)Nc2ccc(C(C)C)cc2)c(C)c1. The molecule has 0 atom stereocenters. The van der Waals surface area contributed by atoms with Gasteiger partial charge in [0.25, 0.3) is 0 Å². The molecule has 0 bridgehead atoms. The Bertz CT molecular complexity index is 754. The largest absolute Gasteiger partial charge is 0.326 e. The zero-order chi connectivity index (χ0) is 18.6. The molecule has 0 aliphatic carbocycles. The highest BCUT2D eigenvalue weighted by Crippen LogP contribution is 2.22. The summed E-state index contributed by atoms with van der Waals surface area (Å²) in [5, 5.41) is 5.61. The smallest absolute Gasteiger partial charge is 0.233 e. The van der Waals surface area contributed by atoms with E-state index in [1.165, 1.54) is 5.56 Å². The van der Waals surface area contributed by atoms with E-state index in [9.17, 15) is 9.59 Å². The van der Waals surface area contributed by atoms with E-state index in [1.807, 2.05) is 57.2 Å². The Kier molecular flexibility index (Phi) is 5.97. The van der Waals surface area contributed by atoms with Crippen molar-refractivity contribution in [2.45, 2.75) is 47.0 Å². The maximum Gasteiger partial charge on any atom is 0.233 e. The van der Waals surface area contributed by atoms with Crippen molar-refractivity contribution >= 4 is 23.2 Å². The summed E-state index contributed by atoms with van der Waals surface area (Å²) >= 11 is 0. The van der Waals surface area contributed by atoms with E-state index < -0.39 is 0 Å². The summed E-state index contributed by atoms with van der Waals surface area (Å²) in [5.74, 6) is -0.194. The minimum absolute atomic E-state index is 0.210. The number of hydrogen-bond acceptors (Lipinski definition) is 2. The van der Waals surface area contributed by atoms with Crippen molar-refractivity contribution in [1.82, 2.24) is 0 Å². The third-order valence-corrected chi connectivity index (χ3v) is 4.12. The fourth-order valence-corrected chi connectivity index (χ4v) is 2.86. The van der Waals surface area contributed by atoms with Gasteiger partial charge in [0, 0.05) is 11.4 Å². The summed E-state index contributed by atoms with van der Waals surface area (Å²) in [6.45, 7) is 10.2. The molecule has 0 aliphatic rings. The fourth-order valence-electron chi connectivity index (χ4n) is 2.86. The lowest BCUT2D eigenvalue weighted by Gasteiger charge is -2.13. The highest BCUT2D eigenvalue weighted by Gasteiger charge is 2.13. The number of nitrogens with one attached hydrogen (secondary N) is 2. The average molecular weight is 338 g/mol. The topological polar surface area (TPSA) is 58.2 Å². The normalized spacial score (nSPS) is 10.6. The molecular weight excluding hydrogens is 312 g/mol. The molecule has 2 aromatic carbocycles. The molecule has 25 heavy (non-hydrogen) atoms. The molecule has 0 saturated heterocycles. The Morgan fingerprint density at radius 3 is 1.92 bits per heavy atom. The predicted molar refractivity (Wildman–Crippen MR) is 103 cm³/mol. The molecule has 2 aromatic rings. The Balaban J connectivity index is 1.95. The molecule has 0 heterocycles. The zero-order valence-electron chi connectivity index (χ0n) is 15.6. The van der Waals surface area contributed by atoms with Gasteiger partial charge in [-0.25, -0.2) is 0 Å². The van der Waals surface area contributed by atoms with E-state index in [0.717, 1.165) is 22.4 Å². The van der Waals surface area contributed by atoms with Crippen LogP contribution in [0, 0.1) is 20.8 Å². The van der Waals surface area contributed by atoms with Gasteiger partial charge in [0.05, 0.1) is 0 Å². The molecule has 0 radical (unpaired) electrons. The van der Waals surface area contributed by atoms with Crippen LogP contribution in [-0.4, -0.2) is 11.8 Å². The van der Waals surface area contributed by atoms with Crippen molar-refractivity contribution in [2.75, 3.05) is 10.6 Å². The first-order valence-electron chi connectivity index (χ1n) is 8.53. The first-order chi connectivity index (χ1) is 11.8. The molecule has 4 nitrogen and oxygen atoms in total. The van der Waals surface area contributed by atoms with Gasteiger partial charge in [-0.15, -0.1) is 0 Å². The molecule has 0 saturated carbocycles. The van der Waals surface area contributed by atoms with Crippen molar-refractivity contribution < 1.29 is 9.59 Å². The minimum Gasteiger partial charge on any atom is -0.326 e. The molecule has 0 spiro atoms. The Morgan fingerprint density at radius 2 is 1.40 bits per heavy atom. The van der Waals surface area contributed by atoms with Crippen LogP contribution in [0.15, 0.2) is 36.4 Å². The number of hydrogen-bond donors (Lipinski definition) is 2. The van der Waals surface area contributed by atoms with E-state index >= 15 is 0 Å². The van der Waals surface area contributed by atoms with Crippen LogP contribution in [0.5, 0.6) is 0 Å². The number of benzene rings is 2. The fraction of sp³-hybridized carbons (Fsp3) is 0.333. The molecule has 4 heteroatoms. The maximum absolute atomic E-state index is 12.2. The number of carbonyl (C=O) groups is 2. The molecular formula is C21H26N2O2. The highest BCUT2D eigenvalue weighted by molar-refractivity contribution is 6.08. The quantitative estimate of drug-likeness (QED) is 0.776. The lowest BCUT2D eigenvalue weighted by atomic mass is 10.0. The molecule has 132 valence electrons. The van der Waals surface area contributed by atoms with Crippen LogP contribution in [-0.2, 0) is 9.59 Å². The number of anilines is 2. The van der Waals surface area contributed by atoms with Crippen LogP contribution in [0.3, 0.4) is 0 Å². The summed E-state index contributed by atoms with van der Waals surface area (Å²) in [5.41, 5.74) is 5.83. The second kappa shape index (κ2) is 7.97. The van der Waals surface area contributed by atoms with Crippen LogP contribution >= 0.6 is 0 Å². The molecule has 2 rings (SSSR count). The summed E-state index contributed by atoms with van der Waals surface area (Å²) in [6, 6.07) is 11.7. The van der Waals surface area contributed by atoms with Crippen LogP contribution < -0.4 is 10.6 Å². The van der Waals surface area contributed by atoms with Crippen LogP contribution in [0.2, 0.25) is 0 Å². The van der Waals surface area contributed by atoms with Crippen molar-refractivity contribution in [2.24, 2.45) is 0 Å². The number of carbonyl (C=O) groups excluding carboxylic acids is 2. The van der Waals surface area contributed by atoms with Gasteiger partial charge >= 0.3 is 0 Å². The number of amides is 2.